The van der Waals surface area contributed by atoms with Gasteiger partial charge in [0.15, 0.2) is 0 Å². The summed E-state index contributed by atoms with van der Waals surface area (Å²) in [6, 6.07) is 6.88. The minimum Gasteiger partial charge on any atom is -0.478 e. The van der Waals surface area contributed by atoms with Crippen molar-refractivity contribution in [3.05, 3.63) is 35.4 Å². The summed E-state index contributed by atoms with van der Waals surface area (Å²) in [5.74, 6) is -0.0312. The van der Waals surface area contributed by atoms with Crippen molar-refractivity contribution in [1.29, 1.82) is 0 Å². The number of carboxylic acids is 1. The van der Waals surface area contributed by atoms with Gasteiger partial charge in [-0.05, 0) is 18.1 Å². The van der Waals surface area contributed by atoms with Crippen molar-refractivity contribution in [3.8, 4) is 0 Å². The minimum atomic E-state index is -0.927. The van der Waals surface area contributed by atoms with Gasteiger partial charge < -0.3 is 10.4 Å². The van der Waals surface area contributed by atoms with Gasteiger partial charge in [-0.1, -0.05) is 31.5 Å². The number of thioether (sulfide) groups is 1. The van der Waals surface area contributed by atoms with E-state index in [1.54, 1.807) is 18.2 Å². The molecule has 0 atom stereocenters. The maximum atomic E-state index is 11.5. The van der Waals surface area contributed by atoms with E-state index < -0.39 is 5.97 Å². The first-order chi connectivity index (χ1) is 9.15. The predicted octanol–water partition coefficient (Wildman–Crippen LogP) is 2.53. The maximum absolute atomic E-state index is 11.5. The summed E-state index contributed by atoms with van der Waals surface area (Å²) < 4.78 is 0. The van der Waals surface area contributed by atoms with Crippen LogP contribution in [-0.4, -0.2) is 29.3 Å². The fraction of sp³-hybridized carbons (Fsp3) is 0.429. The summed E-state index contributed by atoms with van der Waals surface area (Å²) in [6.45, 7) is 2.78. The monoisotopic (exact) mass is 281 g/mol. The highest BCUT2D eigenvalue weighted by Crippen LogP contribution is 2.16. The summed E-state index contributed by atoms with van der Waals surface area (Å²) >= 11 is 1.43. The van der Waals surface area contributed by atoms with Gasteiger partial charge in [0.2, 0.25) is 5.91 Å². The topological polar surface area (TPSA) is 66.4 Å². The molecule has 1 aromatic carbocycles. The summed E-state index contributed by atoms with van der Waals surface area (Å²) in [7, 11) is 0. The van der Waals surface area contributed by atoms with Crippen molar-refractivity contribution < 1.29 is 14.7 Å². The van der Waals surface area contributed by atoms with Crippen LogP contribution in [0.4, 0.5) is 0 Å². The summed E-state index contributed by atoms with van der Waals surface area (Å²) in [5.41, 5.74) is 1.06. The zero-order valence-electron chi connectivity index (χ0n) is 11.0. The Morgan fingerprint density at radius 2 is 2.05 bits per heavy atom. The standard InChI is InChI=1S/C14H19NO3S/c1-2-3-8-15-13(16)10-19-9-11-6-4-5-7-12(11)14(17)18/h4-7H,2-3,8-10H2,1H3,(H,15,16)(H,17,18). The second-order valence-electron chi connectivity index (χ2n) is 4.16. The number of amides is 1. The van der Waals surface area contributed by atoms with Gasteiger partial charge in [-0.2, -0.15) is 0 Å². The molecule has 1 aromatic rings. The first-order valence-corrected chi connectivity index (χ1v) is 7.46. The lowest BCUT2D eigenvalue weighted by Crippen LogP contribution is -2.26. The van der Waals surface area contributed by atoms with Crippen molar-refractivity contribution in [2.75, 3.05) is 12.3 Å². The van der Waals surface area contributed by atoms with Crippen molar-refractivity contribution >= 4 is 23.6 Å². The van der Waals surface area contributed by atoms with Gasteiger partial charge in [0.05, 0.1) is 11.3 Å². The Hall–Kier alpha value is -1.49. The molecule has 0 heterocycles. The molecule has 19 heavy (non-hydrogen) atoms. The average molecular weight is 281 g/mol. The number of benzene rings is 1. The number of hydrogen-bond donors (Lipinski definition) is 2. The van der Waals surface area contributed by atoms with Crippen LogP contribution in [0.15, 0.2) is 24.3 Å². The molecule has 2 N–H and O–H groups in total. The van der Waals surface area contributed by atoms with Crippen LogP contribution >= 0.6 is 11.8 Å². The second-order valence-corrected chi connectivity index (χ2v) is 5.14. The van der Waals surface area contributed by atoms with E-state index >= 15 is 0 Å². The van der Waals surface area contributed by atoms with Crippen LogP contribution in [0.25, 0.3) is 0 Å². The van der Waals surface area contributed by atoms with Gasteiger partial charge in [0.1, 0.15) is 0 Å². The van der Waals surface area contributed by atoms with Gasteiger partial charge in [-0.3, -0.25) is 4.79 Å². The van der Waals surface area contributed by atoms with Crippen molar-refractivity contribution in [3.63, 3.8) is 0 Å². The van der Waals surface area contributed by atoms with Crippen molar-refractivity contribution in [2.45, 2.75) is 25.5 Å². The minimum absolute atomic E-state index is 0.00579. The smallest absolute Gasteiger partial charge is 0.335 e. The quantitative estimate of drug-likeness (QED) is 0.719. The molecule has 0 spiro atoms. The number of hydrogen-bond acceptors (Lipinski definition) is 3. The van der Waals surface area contributed by atoms with E-state index in [-0.39, 0.29) is 5.91 Å². The van der Waals surface area contributed by atoms with Crippen molar-refractivity contribution in [1.82, 2.24) is 5.32 Å². The number of nitrogens with one attached hydrogen (secondary N) is 1. The third kappa shape index (κ3) is 5.79. The third-order valence-electron chi connectivity index (χ3n) is 2.59. The summed E-state index contributed by atoms with van der Waals surface area (Å²) in [5, 5.41) is 11.9. The van der Waals surface area contributed by atoms with Crippen LogP contribution < -0.4 is 5.32 Å². The first kappa shape index (κ1) is 15.6. The average Bonchev–Trinajstić information content (AvgIpc) is 2.39. The lowest BCUT2D eigenvalue weighted by Gasteiger charge is -2.06. The molecule has 4 nitrogen and oxygen atoms in total. The number of carbonyl (C=O) groups excluding carboxylic acids is 1. The Balaban J connectivity index is 2.37. The Morgan fingerprint density at radius 1 is 1.32 bits per heavy atom. The van der Waals surface area contributed by atoms with Crippen LogP contribution in [0, 0.1) is 0 Å². The van der Waals surface area contributed by atoms with Crippen molar-refractivity contribution in [2.24, 2.45) is 0 Å². The zero-order valence-corrected chi connectivity index (χ0v) is 11.8. The van der Waals surface area contributed by atoms with E-state index in [0.717, 1.165) is 18.4 Å². The van der Waals surface area contributed by atoms with Crippen LogP contribution in [0.3, 0.4) is 0 Å². The van der Waals surface area contributed by atoms with Crippen LogP contribution in [0.1, 0.15) is 35.7 Å². The first-order valence-electron chi connectivity index (χ1n) is 6.30. The molecule has 0 fully saturated rings. The number of rotatable bonds is 8. The Labute approximate surface area is 117 Å². The van der Waals surface area contributed by atoms with Gasteiger partial charge in [0.25, 0.3) is 0 Å². The molecular weight excluding hydrogens is 262 g/mol. The molecule has 0 saturated heterocycles. The molecule has 0 bridgehead atoms. The number of carbonyl (C=O) groups is 2. The molecule has 0 radical (unpaired) electrons. The lowest BCUT2D eigenvalue weighted by molar-refractivity contribution is -0.118. The largest absolute Gasteiger partial charge is 0.478 e. The highest BCUT2D eigenvalue weighted by atomic mass is 32.2. The van der Waals surface area contributed by atoms with Crippen LogP contribution in [0.2, 0.25) is 0 Å². The number of carboxylic acid groups (broad SMARTS) is 1. The fourth-order valence-corrected chi connectivity index (χ4v) is 2.43. The van der Waals surface area contributed by atoms with Crippen LogP contribution in [0.5, 0.6) is 0 Å². The second kappa shape index (κ2) is 8.58. The fourth-order valence-electron chi connectivity index (χ4n) is 1.56. The van der Waals surface area contributed by atoms with E-state index in [1.807, 2.05) is 6.07 Å². The highest BCUT2D eigenvalue weighted by molar-refractivity contribution is 7.99. The van der Waals surface area contributed by atoms with E-state index in [1.165, 1.54) is 11.8 Å². The molecule has 1 amide bonds. The van der Waals surface area contributed by atoms with E-state index in [0.29, 0.717) is 23.6 Å². The molecule has 0 aromatic heterocycles. The molecular formula is C14H19NO3S. The summed E-state index contributed by atoms with van der Waals surface area (Å²) in [4.78, 5) is 22.5. The molecule has 5 heteroatoms. The predicted molar refractivity (Wildman–Crippen MR) is 77.5 cm³/mol. The molecule has 0 aliphatic heterocycles. The SMILES string of the molecule is CCCCNC(=O)CSCc1ccccc1C(=O)O. The van der Waals surface area contributed by atoms with Gasteiger partial charge in [-0.15, -0.1) is 11.8 Å². The molecule has 104 valence electrons. The van der Waals surface area contributed by atoms with Crippen LogP contribution in [-0.2, 0) is 10.5 Å². The molecule has 0 aliphatic rings. The highest BCUT2D eigenvalue weighted by Gasteiger charge is 2.09. The Morgan fingerprint density at radius 3 is 2.74 bits per heavy atom. The molecule has 1 rings (SSSR count). The van der Waals surface area contributed by atoms with Gasteiger partial charge in [-0.25, -0.2) is 4.79 Å². The number of aromatic carboxylic acids is 1. The Kier molecular flexibility index (Phi) is 7.03. The van der Waals surface area contributed by atoms with E-state index in [9.17, 15) is 9.59 Å². The van der Waals surface area contributed by atoms with Gasteiger partial charge in [0, 0.05) is 12.3 Å². The zero-order chi connectivity index (χ0) is 14.1. The maximum Gasteiger partial charge on any atom is 0.335 e. The van der Waals surface area contributed by atoms with Gasteiger partial charge >= 0.3 is 5.97 Å². The molecule has 0 saturated carbocycles. The molecule has 0 aliphatic carbocycles. The normalized spacial score (nSPS) is 10.2. The Bertz CT molecular complexity index is 434. The summed E-state index contributed by atoms with van der Waals surface area (Å²) in [6.07, 6.45) is 2.04. The molecule has 0 unspecified atom stereocenters. The number of unbranched alkanes of at least 4 members (excludes halogenated alkanes) is 1. The lowest BCUT2D eigenvalue weighted by atomic mass is 10.1. The third-order valence-corrected chi connectivity index (χ3v) is 3.57. The van der Waals surface area contributed by atoms with E-state index in [2.05, 4.69) is 12.2 Å². The van der Waals surface area contributed by atoms with E-state index in [4.69, 9.17) is 5.11 Å².